The van der Waals surface area contributed by atoms with Crippen LogP contribution < -0.4 is 5.73 Å². The molecule has 110 valence electrons. The number of nitrogen functional groups attached to an aromatic ring is 1. The van der Waals surface area contributed by atoms with Crippen molar-refractivity contribution in [2.75, 3.05) is 18.8 Å². The first-order valence-corrected chi connectivity index (χ1v) is 7.89. The summed E-state index contributed by atoms with van der Waals surface area (Å²) in [6.07, 6.45) is 1.76. The minimum Gasteiger partial charge on any atom is -0.478 e. The molecule has 1 aliphatic heterocycles. The number of carbonyl (C=O) groups is 1. The number of hydrogen-bond acceptors (Lipinski definition) is 4. The molecule has 0 bridgehead atoms. The Labute approximate surface area is 118 Å². The number of rotatable bonds is 3. The Morgan fingerprint density at radius 3 is 2.75 bits per heavy atom. The number of sulfonamides is 1. The Morgan fingerprint density at radius 2 is 2.15 bits per heavy atom. The summed E-state index contributed by atoms with van der Waals surface area (Å²) in [6, 6.07) is 3.84. The van der Waals surface area contributed by atoms with Crippen LogP contribution in [-0.2, 0) is 10.0 Å². The molecule has 1 saturated heterocycles. The molecule has 3 N–H and O–H groups in total. The second-order valence-corrected chi connectivity index (χ2v) is 7.08. The van der Waals surface area contributed by atoms with E-state index in [-0.39, 0.29) is 22.1 Å². The fourth-order valence-corrected chi connectivity index (χ4v) is 4.25. The van der Waals surface area contributed by atoms with Crippen LogP contribution >= 0.6 is 0 Å². The second kappa shape index (κ2) is 5.41. The van der Waals surface area contributed by atoms with Gasteiger partial charge in [-0.1, -0.05) is 6.92 Å². The van der Waals surface area contributed by atoms with Gasteiger partial charge in [0, 0.05) is 18.8 Å². The predicted octanol–water partition coefficient (Wildman–Crippen LogP) is 1.39. The van der Waals surface area contributed by atoms with Crippen LogP contribution in [0.4, 0.5) is 5.69 Å². The molecule has 0 aliphatic carbocycles. The zero-order chi connectivity index (χ0) is 14.9. The number of benzene rings is 1. The van der Waals surface area contributed by atoms with Gasteiger partial charge in [-0.05, 0) is 37.0 Å². The summed E-state index contributed by atoms with van der Waals surface area (Å²) in [6.45, 7) is 2.82. The molecule has 1 fully saturated rings. The van der Waals surface area contributed by atoms with E-state index in [0.29, 0.717) is 13.1 Å². The quantitative estimate of drug-likeness (QED) is 0.821. The lowest BCUT2D eigenvalue weighted by molar-refractivity contribution is 0.0692. The number of anilines is 1. The summed E-state index contributed by atoms with van der Waals surface area (Å²) < 4.78 is 26.6. The van der Waals surface area contributed by atoms with Gasteiger partial charge >= 0.3 is 5.97 Å². The van der Waals surface area contributed by atoms with Crippen LogP contribution in [0.3, 0.4) is 0 Å². The molecule has 0 amide bonds. The molecule has 2 rings (SSSR count). The van der Waals surface area contributed by atoms with Crippen molar-refractivity contribution in [1.82, 2.24) is 4.31 Å². The average Bonchev–Trinajstić information content (AvgIpc) is 2.38. The molecule has 1 aliphatic rings. The predicted molar refractivity (Wildman–Crippen MR) is 75.0 cm³/mol. The highest BCUT2D eigenvalue weighted by atomic mass is 32.2. The lowest BCUT2D eigenvalue weighted by atomic mass is 10.0. The molecule has 20 heavy (non-hydrogen) atoms. The van der Waals surface area contributed by atoms with Gasteiger partial charge in [0.2, 0.25) is 10.0 Å². The number of carboxylic acid groups (broad SMARTS) is 1. The van der Waals surface area contributed by atoms with Crippen molar-refractivity contribution < 1.29 is 18.3 Å². The highest BCUT2D eigenvalue weighted by molar-refractivity contribution is 7.89. The third-order valence-corrected chi connectivity index (χ3v) is 5.38. The minimum absolute atomic E-state index is 0.223. The molecule has 7 heteroatoms. The van der Waals surface area contributed by atoms with Gasteiger partial charge in [0.1, 0.15) is 0 Å². The lowest BCUT2D eigenvalue weighted by Gasteiger charge is -2.30. The maximum atomic E-state index is 12.6. The lowest BCUT2D eigenvalue weighted by Crippen LogP contribution is -2.39. The van der Waals surface area contributed by atoms with Gasteiger partial charge in [0.05, 0.1) is 10.5 Å². The molecule has 0 spiro atoms. The van der Waals surface area contributed by atoms with Crippen LogP contribution in [0.15, 0.2) is 23.1 Å². The van der Waals surface area contributed by atoms with Gasteiger partial charge in [-0.2, -0.15) is 4.31 Å². The molecule has 1 aromatic rings. The fraction of sp³-hybridized carbons (Fsp3) is 0.462. The third kappa shape index (κ3) is 2.78. The molecule has 1 heterocycles. The summed E-state index contributed by atoms with van der Waals surface area (Å²) in [4.78, 5) is 11.0. The summed E-state index contributed by atoms with van der Waals surface area (Å²) >= 11 is 0. The maximum absolute atomic E-state index is 12.6. The Balaban J connectivity index is 2.48. The van der Waals surface area contributed by atoms with E-state index in [1.807, 2.05) is 6.92 Å². The van der Waals surface area contributed by atoms with Crippen molar-refractivity contribution in [1.29, 1.82) is 0 Å². The Hall–Kier alpha value is -1.60. The Bertz CT molecular complexity index is 627. The van der Waals surface area contributed by atoms with Crippen LogP contribution in [0.1, 0.15) is 30.1 Å². The van der Waals surface area contributed by atoms with Crippen molar-refractivity contribution in [3.63, 3.8) is 0 Å². The monoisotopic (exact) mass is 298 g/mol. The van der Waals surface area contributed by atoms with Crippen LogP contribution in [0.25, 0.3) is 0 Å². The summed E-state index contributed by atoms with van der Waals surface area (Å²) in [5.74, 6) is -0.999. The second-order valence-electron chi connectivity index (χ2n) is 5.17. The standard InChI is InChI=1S/C13H18N2O4S/c1-9-3-2-6-15(8-9)20(18,19)12-7-10(14)4-5-11(12)13(16)17/h4-5,7,9H,2-3,6,8,14H2,1H3,(H,16,17). The maximum Gasteiger partial charge on any atom is 0.337 e. The molecular formula is C13H18N2O4S. The van der Waals surface area contributed by atoms with Crippen molar-refractivity contribution in [2.45, 2.75) is 24.7 Å². The third-order valence-electron chi connectivity index (χ3n) is 3.47. The fourth-order valence-electron chi connectivity index (χ4n) is 2.43. The SMILES string of the molecule is CC1CCCN(S(=O)(=O)c2cc(N)ccc2C(=O)O)C1. The first kappa shape index (κ1) is 14.8. The summed E-state index contributed by atoms with van der Waals surface area (Å²) in [5, 5.41) is 9.15. The van der Waals surface area contributed by atoms with E-state index in [0.717, 1.165) is 12.8 Å². The van der Waals surface area contributed by atoms with Gasteiger partial charge in [-0.15, -0.1) is 0 Å². The molecule has 0 radical (unpaired) electrons. The van der Waals surface area contributed by atoms with E-state index in [2.05, 4.69) is 0 Å². The molecular weight excluding hydrogens is 280 g/mol. The summed E-state index contributed by atoms with van der Waals surface area (Å²) in [7, 11) is -3.82. The van der Waals surface area contributed by atoms with Gasteiger partial charge in [0.25, 0.3) is 0 Å². The molecule has 1 unspecified atom stereocenters. The normalized spacial score (nSPS) is 20.8. The molecule has 1 aromatic carbocycles. The number of aromatic carboxylic acids is 1. The molecule has 0 saturated carbocycles. The van der Waals surface area contributed by atoms with Crippen molar-refractivity contribution >= 4 is 21.7 Å². The minimum atomic E-state index is -3.82. The zero-order valence-electron chi connectivity index (χ0n) is 11.2. The van der Waals surface area contributed by atoms with Gasteiger partial charge in [-0.3, -0.25) is 0 Å². The first-order valence-electron chi connectivity index (χ1n) is 6.45. The van der Waals surface area contributed by atoms with Crippen molar-refractivity contribution in [3.05, 3.63) is 23.8 Å². The molecule has 1 atom stereocenters. The highest BCUT2D eigenvalue weighted by Crippen LogP contribution is 2.27. The van der Waals surface area contributed by atoms with Crippen LogP contribution in [0.5, 0.6) is 0 Å². The highest BCUT2D eigenvalue weighted by Gasteiger charge is 2.31. The average molecular weight is 298 g/mol. The smallest absolute Gasteiger partial charge is 0.337 e. The molecule has 6 nitrogen and oxygen atoms in total. The Morgan fingerprint density at radius 1 is 1.45 bits per heavy atom. The van der Waals surface area contributed by atoms with Crippen LogP contribution in [0, 0.1) is 5.92 Å². The van der Waals surface area contributed by atoms with E-state index in [4.69, 9.17) is 10.8 Å². The van der Waals surface area contributed by atoms with E-state index in [1.54, 1.807) is 0 Å². The largest absolute Gasteiger partial charge is 0.478 e. The van der Waals surface area contributed by atoms with Crippen LogP contribution in [-0.4, -0.2) is 36.9 Å². The number of nitrogens with zero attached hydrogens (tertiary/aromatic N) is 1. The van der Waals surface area contributed by atoms with E-state index in [9.17, 15) is 13.2 Å². The van der Waals surface area contributed by atoms with E-state index in [1.165, 1.54) is 22.5 Å². The number of carboxylic acids is 1. The topological polar surface area (TPSA) is 101 Å². The Kier molecular flexibility index (Phi) is 4.01. The number of hydrogen-bond donors (Lipinski definition) is 2. The van der Waals surface area contributed by atoms with E-state index >= 15 is 0 Å². The zero-order valence-corrected chi connectivity index (χ0v) is 12.1. The van der Waals surface area contributed by atoms with Gasteiger partial charge in [-0.25, -0.2) is 13.2 Å². The summed E-state index contributed by atoms with van der Waals surface area (Å²) in [5.41, 5.74) is 5.60. The van der Waals surface area contributed by atoms with Crippen LogP contribution in [0.2, 0.25) is 0 Å². The first-order chi connectivity index (χ1) is 9.32. The van der Waals surface area contributed by atoms with Crippen molar-refractivity contribution in [3.8, 4) is 0 Å². The molecule has 0 aromatic heterocycles. The number of piperidine rings is 1. The van der Waals surface area contributed by atoms with Gasteiger partial charge < -0.3 is 10.8 Å². The van der Waals surface area contributed by atoms with Gasteiger partial charge in [0.15, 0.2) is 0 Å². The van der Waals surface area contributed by atoms with E-state index < -0.39 is 16.0 Å². The van der Waals surface area contributed by atoms with Crippen molar-refractivity contribution in [2.24, 2.45) is 5.92 Å². The number of nitrogens with two attached hydrogens (primary N) is 1.